The Balaban J connectivity index is 1.78. The summed E-state index contributed by atoms with van der Waals surface area (Å²) in [7, 11) is 0. The highest BCUT2D eigenvalue weighted by atomic mass is 32.1. The predicted molar refractivity (Wildman–Crippen MR) is 77.6 cm³/mol. The van der Waals surface area contributed by atoms with Crippen LogP contribution in [0.4, 0.5) is 5.13 Å². The number of carbonyl (C=O) groups excluding carboxylic acids is 2. The van der Waals surface area contributed by atoms with Crippen molar-refractivity contribution in [1.82, 2.24) is 4.98 Å². The third kappa shape index (κ3) is 2.36. The quantitative estimate of drug-likeness (QED) is 0.815. The lowest BCUT2D eigenvalue weighted by Gasteiger charge is -2.11. The zero-order chi connectivity index (χ0) is 14.1. The van der Waals surface area contributed by atoms with Gasteiger partial charge in [0.2, 0.25) is 11.8 Å². The first-order chi connectivity index (χ1) is 9.65. The number of rotatable bonds is 3. The van der Waals surface area contributed by atoms with Gasteiger partial charge in [0.05, 0.1) is 5.92 Å². The predicted octanol–water partition coefficient (Wildman–Crippen LogP) is 2.57. The fourth-order valence-corrected chi connectivity index (χ4v) is 3.05. The number of hydrogen-bond acceptors (Lipinski definition) is 4. The molecular formula is C15H14N2O2S. The molecule has 1 aliphatic heterocycles. The van der Waals surface area contributed by atoms with Crippen molar-refractivity contribution in [2.75, 3.05) is 4.90 Å². The number of imide groups is 1. The van der Waals surface area contributed by atoms with Crippen LogP contribution in [0, 0.1) is 12.8 Å². The molecule has 0 unspecified atom stereocenters. The molecule has 2 amide bonds. The topological polar surface area (TPSA) is 50.3 Å². The molecule has 1 aromatic heterocycles. The Morgan fingerprint density at radius 1 is 1.30 bits per heavy atom. The van der Waals surface area contributed by atoms with E-state index in [1.54, 1.807) is 11.6 Å². The number of carbonyl (C=O) groups is 2. The molecule has 0 aliphatic carbocycles. The molecule has 1 saturated heterocycles. The van der Waals surface area contributed by atoms with Crippen LogP contribution < -0.4 is 4.90 Å². The van der Waals surface area contributed by atoms with E-state index in [-0.39, 0.29) is 24.2 Å². The van der Waals surface area contributed by atoms with Gasteiger partial charge in [-0.15, -0.1) is 11.3 Å². The minimum Gasteiger partial charge on any atom is -0.274 e. The summed E-state index contributed by atoms with van der Waals surface area (Å²) in [5.41, 5.74) is 2.27. The number of nitrogens with zero attached hydrogens (tertiary/aromatic N) is 2. The molecule has 2 heterocycles. The van der Waals surface area contributed by atoms with Gasteiger partial charge in [-0.2, -0.15) is 0 Å². The smallest absolute Gasteiger partial charge is 0.239 e. The summed E-state index contributed by atoms with van der Waals surface area (Å²) in [6.07, 6.45) is 2.48. The molecule has 4 nitrogen and oxygen atoms in total. The van der Waals surface area contributed by atoms with Gasteiger partial charge in [-0.25, -0.2) is 9.88 Å². The average Bonchev–Trinajstić information content (AvgIpc) is 3.02. The van der Waals surface area contributed by atoms with E-state index in [1.807, 2.05) is 31.2 Å². The minimum atomic E-state index is -0.269. The first-order valence-electron chi connectivity index (χ1n) is 6.47. The number of aromatic nitrogens is 1. The van der Waals surface area contributed by atoms with Gasteiger partial charge in [-0.3, -0.25) is 9.59 Å². The number of hydrogen-bond donors (Lipinski definition) is 0. The maximum atomic E-state index is 12.4. The monoisotopic (exact) mass is 286 g/mol. The molecular weight excluding hydrogens is 272 g/mol. The summed E-state index contributed by atoms with van der Waals surface area (Å²) in [5, 5.41) is 2.25. The molecule has 0 N–H and O–H groups in total. The normalized spacial score (nSPS) is 18.9. The summed E-state index contributed by atoms with van der Waals surface area (Å²) in [6, 6.07) is 8.07. The Morgan fingerprint density at radius 3 is 2.70 bits per heavy atom. The minimum absolute atomic E-state index is 0.134. The Labute approximate surface area is 121 Å². The van der Waals surface area contributed by atoms with E-state index in [9.17, 15) is 9.59 Å². The average molecular weight is 286 g/mol. The third-order valence-corrected chi connectivity index (χ3v) is 4.21. The van der Waals surface area contributed by atoms with Gasteiger partial charge < -0.3 is 0 Å². The molecule has 3 rings (SSSR count). The van der Waals surface area contributed by atoms with Crippen molar-refractivity contribution in [2.45, 2.75) is 19.8 Å². The van der Waals surface area contributed by atoms with E-state index in [0.717, 1.165) is 5.56 Å². The Bertz CT molecular complexity index is 634. The fourth-order valence-electron chi connectivity index (χ4n) is 2.39. The maximum Gasteiger partial charge on any atom is 0.239 e. The molecule has 102 valence electrons. The van der Waals surface area contributed by atoms with Crippen molar-refractivity contribution in [3.05, 3.63) is 47.0 Å². The number of thiazole rings is 1. The molecule has 0 saturated carbocycles. The van der Waals surface area contributed by atoms with E-state index in [4.69, 9.17) is 0 Å². The highest BCUT2D eigenvalue weighted by molar-refractivity contribution is 7.14. The summed E-state index contributed by atoms with van der Waals surface area (Å²) in [6.45, 7) is 2.03. The molecule has 1 aromatic carbocycles. The van der Waals surface area contributed by atoms with Crippen LogP contribution in [0.5, 0.6) is 0 Å². The van der Waals surface area contributed by atoms with Crippen LogP contribution in [0.2, 0.25) is 0 Å². The van der Waals surface area contributed by atoms with Gasteiger partial charge in [-0.1, -0.05) is 29.8 Å². The van der Waals surface area contributed by atoms with E-state index >= 15 is 0 Å². The molecule has 1 fully saturated rings. The molecule has 5 heteroatoms. The number of benzene rings is 1. The van der Waals surface area contributed by atoms with Crippen molar-refractivity contribution < 1.29 is 9.59 Å². The SMILES string of the molecule is Cc1ccc(C[C@H]2CC(=O)N(c3nccs3)C2=O)cc1. The molecule has 0 bridgehead atoms. The lowest BCUT2D eigenvalue weighted by molar-refractivity contribution is -0.122. The van der Waals surface area contributed by atoms with Crippen LogP contribution in [0.15, 0.2) is 35.8 Å². The molecule has 20 heavy (non-hydrogen) atoms. The largest absolute Gasteiger partial charge is 0.274 e. The standard InChI is InChI=1S/C15H14N2O2S/c1-10-2-4-11(5-3-10)8-12-9-13(18)17(14(12)19)15-16-6-7-20-15/h2-7,12H,8-9H2,1H3/t12-/m0/s1. The van der Waals surface area contributed by atoms with Gasteiger partial charge >= 0.3 is 0 Å². The van der Waals surface area contributed by atoms with Gasteiger partial charge in [0.1, 0.15) is 0 Å². The van der Waals surface area contributed by atoms with Crippen molar-refractivity contribution >= 4 is 28.3 Å². The van der Waals surface area contributed by atoms with Crippen molar-refractivity contribution in [3.63, 3.8) is 0 Å². The number of anilines is 1. The first-order valence-corrected chi connectivity index (χ1v) is 7.35. The Kier molecular flexibility index (Phi) is 3.36. The summed E-state index contributed by atoms with van der Waals surface area (Å²) >= 11 is 1.31. The lowest BCUT2D eigenvalue weighted by atomic mass is 9.97. The second kappa shape index (κ2) is 5.17. The Morgan fingerprint density at radius 2 is 2.05 bits per heavy atom. The highest BCUT2D eigenvalue weighted by Gasteiger charge is 2.40. The second-order valence-corrected chi connectivity index (χ2v) is 5.85. The van der Waals surface area contributed by atoms with Crippen LogP contribution in [0.3, 0.4) is 0 Å². The van der Waals surface area contributed by atoms with Crippen molar-refractivity contribution in [3.8, 4) is 0 Å². The summed E-state index contributed by atoms with van der Waals surface area (Å²) in [5.74, 6) is -0.554. The van der Waals surface area contributed by atoms with Crippen LogP contribution in [0.1, 0.15) is 17.5 Å². The zero-order valence-electron chi connectivity index (χ0n) is 11.1. The molecule has 0 radical (unpaired) electrons. The van der Waals surface area contributed by atoms with Crippen molar-refractivity contribution in [2.24, 2.45) is 5.92 Å². The maximum absolute atomic E-state index is 12.4. The summed E-state index contributed by atoms with van der Waals surface area (Å²) < 4.78 is 0. The van der Waals surface area contributed by atoms with E-state index < -0.39 is 0 Å². The molecule has 1 aliphatic rings. The van der Waals surface area contributed by atoms with Crippen LogP contribution >= 0.6 is 11.3 Å². The number of aryl methyl sites for hydroxylation is 1. The highest BCUT2D eigenvalue weighted by Crippen LogP contribution is 2.29. The van der Waals surface area contributed by atoms with E-state index in [0.29, 0.717) is 11.6 Å². The van der Waals surface area contributed by atoms with Crippen LogP contribution in [-0.4, -0.2) is 16.8 Å². The van der Waals surface area contributed by atoms with Gasteiger partial charge in [-0.05, 0) is 18.9 Å². The molecule has 0 spiro atoms. The van der Waals surface area contributed by atoms with Gasteiger partial charge in [0, 0.05) is 18.0 Å². The van der Waals surface area contributed by atoms with E-state index in [1.165, 1.54) is 21.8 Å². The molecule has 1 atom stereocenters. The molecule has 2 aromatic rings. The summed E-state index contributed by atoms with van der Waals surface area (Å²) in [4.78, 5) is 29.6. The number of amides is 2. The van der Waals surface area contributed by atoms with Gasteiger partial charge in [0.25, 0.3) is 0 Å². The van der Waals surface area contributed by atoms with E-state index in [2.05, 4.69) is 4.98 Å². The lowest BCUT2D eigenvalue weighted by Crippen LogP contribution is -2.30. The van der Waals surface area contributed by atoms with Crippen LogP contribution in [0.25, 0.3) is 0 Å². The van der Waals surface area contributed by atoms with Gasteiger partial charge in [0.15, 0.2) is 5.13 Å². The van der Waals surface area contributed by atoms with Crippen molar-refractivity contribution in [1.29, 1.82) is 0 Å². The fraction of sp³-hybridized carbons (Fsp3) is 0.267. The Hall–Kier alpha value is -2.01. The third-order valence-electron chi connectivity index (χ3n) is 3.45. The first kappa shape index (κ1) is 13.0. The zero-order valence-corrected chi connectivity index (χ0v) is 11.9. The second-order valence-electron chi connectivity index (χ2n) is 4.97. The van der Waals surface area contributed by atoms with Crippen LogP contribution in [-0.2, 0) is 16.0 Å².